The average Bonchev–Trinajstić information content (AvgIpc) is 2.65. The third-order valence-corrected chi connectivity index (χ3v) is 6.02. The number of nitrogens with zero attached hydrogens (tertiary/aromatic N) is 4. The summed E-state index contributed by atoms with van der Waals surface area (Å²) in [7, 11) is 1.62. The highest BCUT2D eigenvalue weighted by Crippen LogP contribution is 2.27. The van der Waals surface area contributed by atoms with Gasteiger partial charge in [-0.15, -0.1) is 0 Å². The van der Waals surface area contributed by atoms with Crippen LogP contribution in [0.15, 0.2) is 24.3 Å². The van der Waals surface area contributed by atoms with Crippen molar-refractivity contribution in [3.05, 3.63) is 30.1 Å². The topological polar surface area (TPSA) is 89.2 Å². The molecule has 2 heterocycles. The van der Waals surface area contributed by atoms with Gasteiger partial charge in [0.25, 0.3) is 0 Å². The summed E-state index contributed by atoms with van der Waals surface area (Å²) in [4.78, 5) is 15.2. The van der Waals surface area contributed by atoms with Crippen LogP contribution >= 0.6 is 24.0 Å². The lowest BCUT2D eigenvalue weighted by atomic mass is 9.92. The summed E-state index contributed by atoms with van der Waals surface area (Å²) in [6.45, 7) is 6.57. The number of thioether (sulfide) groups is 1. The summed E-state index contributed by atoms with van der Waals surface area (Å²) >= 11 is 7.20. The first-order chi connectivity index (χ1) is 13.4. The normalized spacial score (nSPS) is 19.3. The van der Waals surface area contributed by atoms with Crippen LogP contribution in [-0.2, 0) is 5.75 Å². The van der Waals surface area contributed by atoms with E-state index < -0.39 is 0 Å². The van der Waals surface area contributed by atoms with Gasteiger partial charge in [-0.3, -0.25) is 0 Å². The van der Waals surface area contributed by atoms with Crippen molar-refractivity contribution in [1.82, 2.24) is 19.9 Å². The highest BCUT2D eigenvalue weighted by molar-refractivity contribution is 8.22. The zero-order chi connectivity index (χ0) is 20.1. The van der Waals surface area contributed by atoms with E-state index in [1.165, 1.54) is 6.42 Å². The standard InChI is InChI=1S/C19H26N6OS2/c1-12-8-13(2)10-25(9-12)19(27)28-11-16-22-17(20)24-18(23-16)21-14-6-4-5-7-15(14)26-3/h4-7,12-13H,8-11H2,1-3H3,(H3,20,21,22,23,24)/t12-,13-/m1/s1. The third-order valence-electron chi connectivity index (χ3n) is 4.50. The van der Waals surface area contributed by atoms with E-state index in [2.05, 4.69) is 39.0 Å². The molecule has 3 N–H and O–H groups in total. The van der Waals surface area contributed by atoms with Gasteiger partial charge in [0, 0.05) is 13.1 Å². The fourth-order valence-corrected chi connectivity index (χ4v) is 4.50. The molecule has 2 atom stereocenters. The van der Waals surface area contributed by atoms with Gasteiger partial charge in [0.2, 0.25) is 11.9 Å². The van der Waals surface area contributed by atoms with Gasteiger partial charge in [-0.05, 0) is 30.4 Å². The molecule has 28 heavy (non-hydrogen) atoms. The highest BCUT2D eigenvalue weighted by Gasteiger charge is 2.23. The molecule has 3 rings (SSSR count). The summed E-state index contributed by atoms with van der Waals surface area (Å²) < 4.78 is 6.24. The molecule has 0 bridgehead atoms. The summed E-state index contributed by atoms with van der Waals surface area (Å²) in [5.41, 5.74) is 6.65. The maximum absolute atomic E-state index is 5.88. The lowest BCUT2D eigenvalue weighted by Crippen LogP contribution is -2.40. The molecule has 0 aliphatic carbocycles. The molecule has 0 amide bonds. The Morgan fingerprint density at radius 1 is 1.25 bits per heavy atom. The van der Waals surface area contributed by atoms with Crippen molar-refractivity contribution < 1.29 is 4.74 Å². The van der Waals surface area contributed by atoms with Crippen LogP contribution in [0.2, 0.25) is 0 Å². The van der Waals surface area contributed by atoms with Gasteiger partial charge in [0.15, 0.2) is 0 Å². The highest BCUT2D eigenvalue weighted by atomic mass is 32.2. The number of aromatic nitrogens is 3. The first-order valence-corrected chi connectivity index (χ1v) is 10.7. The number of hydrogen-bond donors (Lipinski definition) is 2. The summed E-state index contributed by atoms with van der Waals surface area (Å²) in [5, 5.41) is 3.15. The molecule has 0 unspecified atom stereocenters. The Hall–Kier alpha value is -2.13. The van der Waals surface area contributed by atoms with Gasteiger partial charge in [-0.2, -0.15) is 15.0 Å². The second kappa shape index (κ2) is 9.38. The van der Waals surface area contributed by atoms with Gasteiger partial charge in [0.05, 0.1) is 18.6 Å². The van der Waals surface area contributed by atoms with Crippen LogP contribution in [0.4, 0.5) is 17.6 Å². The fourth-order valence-electron chi connectivity index (χ4n) is 3.46. The smallest absolute Gasteiger partial charge is 0.232 e. The molecule has 1 aliphatic rings. The number of methoxy groups -OCH3 is 1. The number of thiocarbonyl (C=S) groups is 1. The fraction of sp³-hybridized carbons (Fsp3) is 0.474. The number of hydrogen-bond acceptors (Lipinski definition) is 8. The Balaban J connectivity index is 1.65. The summed E-state index contributed by atoms with van der Waals surface area (Å²) in [5.74, 6) is 3.72. The van der Waals surface area contributed by atoms with Crippen molar-refractivity contribution in [2.24, 2.45) is 11.8 Å². The van der Waals surface area contributed by atoms with E-state index in [4.69, 9.17) is 22.7 Å². The molecule has 0 radical (unpaired) electrons. The maximum Gasteiger partial charge on any atom is 0.232 e. The molecular formula is C19H26N6OS2. The number of rotatable bonds is 5. The Morgan fingerprint density at radius 3 is 2.68 bits per heavy atom. The van der Waals surface area contributed by atoms with E-state index in [1.54, 1.807) is 18.9 Å². The van der Waals surface area contributed by atoms with E-state index in [1.807, 2.05) is 24.3 Å². The van der Waals surface area contributed by atoms with Crippen LogP contribution in [0.25, 0.3) is 0 Å². The predicted molar refractivity (Wildman–Crippen MR) is 119 cm³/mol. The molecule has 1 fully saturated rings. The minimum Gasteiger partial charge on any atom is -0.495 e. The monoisotopic (exact) mass is 418 g/mol. The van der Waals surface area contributed by atoms with Crippen LogP contribution in [0.1, 0.15) is 26.1 Å². The van der Waals surface area contributed by atoms with Gasteiger partial charge >= 0.3 is 0 Å². The number of para-hydroxylation sites is 2. The first kappa shape index (κ1) is 20.6. The van der Waals surface area contributed by atoms with E-state index in [9.17, 15) is 0 Å². The molecule has 1 aromatic carbocycles. The van der Waals surface area contributed by atoms with Gasteiger partial charge in [-0.25, -0.2) is 0 Å². The number of nitrogens with two attached hydrogens (primary N) is 1. The van der Waals surface area contributed by atoms with Crippen molar-refractivity contribution in [1.29, 1.82) is 0 Å². The summed E-state index contributed by atoms with van der Waals surface area (Å²) in [6, 6.07) is 7.56. The lowest BCUT2D eigenvalue weighted by molar-refractivity contribution is 0.219. The zero-order valence-electron chi connectivity index (χ0n) is 16.4. The van der Waals surface area contributed by atoms with Gasteiger partial charge in [-0.1, -0.05) is 50.0 Å². The number of nitrogens with one attached hydrogen (secondary N) is 1. The van der Waals surface area contributed by atoms with Crippen LogP contribution in [-0.4, -0.2) is 44.4 Å². The van der Waals surface area contributed by atoms with Crippen LogP contribution < -0.4 is 15.8 Å². The van der Waals surface area contributed by atoms with Crippen LogP contribution in [0.5, 0.6) is 5.75 Å². The third kappa shape index (κ3) is 5.45. The van der Waals surface area contributed by atoms with E-state index in [-0.39, 0.29) is 5.95 Å². The minimum absolute atomic E-state index is 0.175. The lowest BCUT2D eigenvalue weighted by Gasteiger charge is -2.36. The number of ether oxygens (including phenoxy) is 1. The largest absolute Gasteiger partial charge is 0.495 e. The van der Waals surface area contributed by atoms with E-state index in [0.717, 1.165) is 23.1 Å². The number of likely N-dealkylation sites (tertiary alicyclic amines) is 1. The van der Waals surface area contributed by atoms with Crippen molar-refractivity contribution in [3.63, 3.8) is 0 Å². The second-order valence-electron chi connectivity index (χ2n) is 7.16. The minimum atomic E-state index is 0.175. The Bertz CT molecular complexity index is 824. The van der Waals surface area contributed by atoms with Crippen molar-refractivity contribution in [2.75, 3.05) is 31.2 Å². The number of anilines is 3. The molecule has 1 aromatic heterocycles. The average molecular weight is 419 g/mol. The SMILES string of the molecule is COc1ccccc1Nc1nc(N)nc(CSC(=S)N2C[C@H](C)C[C@@H](C)C2)n1. The Kier molecular flexibility index (Phi) is 6.90. The Labute approximate surface area is 175 Å². The van der Waals surface area contributed by atoms with Gasteiger partial charge in [0.1, 0.15) is 15.9 Å². The zero-order valence-corrected chi connectivity index (χ0v) is 18.0. The van der Waals surface area contributed by atoms with Crippen molar-refractivity contribution in [2.45, 2.75) is 26.0 Å². The Morgan fingerprint density at radius 2 is 1.96 bits per heavy atom. The molecule has 0 saturated carbocycles. The van der Waals surface area contributed by atoms with Crippen molar-refractivity contribution in [3.8, 4) is 5.75 Å². The number of benzene rings is 1. The summed E-state index contributed by atoms with van der Waals surface area (Å²) in [6.07, 6.45) is 1.26. The molecule has 2 aromatic rings. The molecule has 150 valence electrons. The quantitative estimate of drug-likeness (QED) is 0.705. The van der Waals surface area contributed by atoms with Crippen LogP contribution in [0, 0.1) is 11.8 Å². The molecule has 9 heteroatoms. The first-order valence-electron chi connectivity index (χ1n) is 9.26. The molecule has 1 aliphatic heterocycles. The predicted octanol–water partition coefficient (Wildman–Crippen LogP) is 3.70. The second-order valence-corrected chi connectivity index (χ2v) is 8.77. The van der Waals surface area contributed by atoms with Crippen LogP contribution in [0.3, 0.4) is 0 Å². The molecule has 7 nitrogen and oxygen atoms in total. The number of piperidine rings is 1. The van der Waals surface area contributed by atoms with E-state index in [0.29, 0.717) is 35.1 Å². The van der Waals surface area contributed by atoms with Gasteiger partial charge < -0.3 is 20.7 Å². The van der Waals surface area contributed by atoms with E-state index >= 15 is 0 Å². The molecule has 1 saturated heterocycles. The maximum atomic E-state index is 5.88. The van der Waals surface area contributed by atoms with Crippen molar-refractivity contribution >= 4 is 45.9 Å². The molecule has 0 spiro atoms. The molecular weight excluding hydrogens is 392 g/mol. The number of nitrogen functional groups attached to an aromatic ring is 1.